The first-order valence-corrected chi connectivity index (χ1v) is 9.01. The first kappa shape index (κ1) is 19.5. The van der Waals surface area contributed by atoms with Gasteiger partial charge in [0.1, 0.15) is 12.4 Å². The largest absolute Gasteiger partial charge is 0.451 e. The van der Waals surface area contributed by atoms with E-state index in [1.54, 1.807) is 4.90 Å². The number of carbonyl (C=O) groups excluding carboxylic acids is 3. The van der Waals surface area contributed by atoms with Crippen LogP contribution in [0.3, 0.4) is 0 Å². The molecule has 0 saturated heterocycles. The molecular weight excluding hydrogens is 363 g/mol. The standard InChI is InChI=1S/C21H21FN2O4/c1-13-10-15-6-3-4-9-18(15)24(13)21(27)14(2)28-19(25)12-23-20(26)16-7-5-8-17(22)11-16/h3-9,11,13-14H,10,12H2,1-2H3,(H,23,26)/t13-,14+/m1/s1. The zero-order valence-electron chi connectivity index (χ0n) is 15.6. The van der Waals surface area contributed by atoms with Gasteiger partial charge in [0.15, 0.2) is 6.10 Å². The fraction of sp³-hybridized carbons (Fsp3) is 0.286. The van der Waals surface area contributed by atoms with E-state index in [-0.39, 0.29) is 17.5 Å². The maximum Gasteiger partial charge on any atom is 0.326 e. The summed E-state index contributed by atoms with van der Waals surface area (Å²) in [5, 5.41) is 2.36. The molecule has 0 aliphatic carbocycles. The average molecular weight is 384 g/mol. The van der Waals surface area contributed by atoms with Crippen molar-refractivity contribution in [3.63, 3.8) is 0 Å². The summed E-state index contributed by atoms with van der Waals surface area (Å²) in [6.45, 7) is 3.02. The highest BCUT2D eigenvalue weighted by molar-refractivity contribution is 6.00. The number of hydrogen-bond acceptors (Lipinski definition) is 4. The Balaban J connectivity index is 1.55. The van der Waals surface area contributed by atoms with Crippen molar-refractivity contribution in [3.8, 4) is 0 Å². The number of nitrogens with one attached hydrogen (secondary N) is 1. The number of rotatable bonds is 5. The second kappa shape index (κ2) is 8.21. The Bertz CT molecular complexity index is 915. The van der Waals surface area contributed by atoms with Crippen molar-refractivity contribution in [3.05, 3.63) is 65.5 Å². The smallest absolute Gasteiger partial charge is 0.326 e. The second-order valence-electron chi connectivity index (χ2n) is 6.72. The van der Waals surface area contributed by atoms with Crippen LogP contribution in [-0.4, -0.2) is 36.5 Å². The van der Waals surface area contributed by atoms with Crippen LogP contribution in [0.25, 0.3) is 0 Å². The summed E-state index contributed by atoms with van der Waals surface area (Å²) in [5.41, 5.74) is 1.99. The molecule has 3 rings (SSSR count). The SMILES string of the molecule is C[C@H](OC(=O)CNC(=O)c1cccc(F)c1)C(=O)N1c2ccccc2C[C@H]1C. The van der Waals surface area contributed by atoms with Crippen LogP contribution in [0.15, 0.2) is 48.5 Å². The van der Waals surface area contributed by atoms with E-state index in [4.69, 9.17) is 4.74 Å². The van der Waals surface area contributed by atoms with Crippen molar-refractivity contribution in [2.45, 2.75) is 32.4 Å². The summed E-state index contributed by atoms with van der Waals surface area (Å²) >= 11 is 0. The summed E-state index contributed by atoms with van der Waals surface area (Å²) in [5.74, 6) is -2.21. The van der Waals surface area contributed by atoms with E-state index in [0.717, 1.165) is 23.7 Å². The molecule has 0 aromatic heterocycles. The molecule has 146 valence electrons. The minimum Gasteiger partial charge on any atom is -0.451 e. The Morgan fingerprint density at radius 1 is 1.21 bits per heavy atom. The van der Waals surface area contributed by atoms with Crippen LogP contribution < -0.4 is 10.2 Å². The van der Waals surface area contributed by atoms with Crippen LogP contribution in [0.2, 0.25) is 0 Å². The lowest BCUT2D eigenvalue weighted by atomic mass is 10.1. The van der Waals surface area contributed by atoms with Crippen LogP contribution >= 0.6 is 0 Å². The number of esters is 1. The monoisotopic (exact) mass is 384 g/mol. The molecule has 2 aromatic carbocycles. The number of fused-ring (bicyclic) bond motifs is 1. The highest BCUT2D eigenvalue weighted by atomic mass is 19.1. The third-order valence-corrected chi connectivity index (χ3v) is 4.58. The molecular formula is C21H21FN2O4. The van der Waals surface area contributed by atoms with Gasteiger partial charge in [-0.25, -0.2) is 4.39 Å². The number of para-hydroxylation sites is 1. The van der Waals surface area contributed by atoms with Gasteiger partial charge in [-0.1, -0.05) is 24.3 Å². The maximum absolute atomic E-state index is 13.2. The number of hydrogen-bond donors (Lipinski definition) is 1. The Morgan fingerprint density at radius 3 is 2.71 bits per heavy atom. The van der Waals surface area contributed by atoms with Gasteiger partial charge in [0.2, 0.25) is 0 Å². The quantitative estimate of drug-likeness (QED) is 0.804. The first-order valence-electron chi connectivity index (χ1n) is 9.01. The van der Waals surface area contributed by atoms with Gasteiger partial charge in [-0.2, -0.15) is 0 Å². The van der Waals surface area contributed by atoms with Crippen LogP contribution in [0.1, 0.15) is 29.8 Å². The lowest BCUT2D eigenvalue weighted by Crippen LogP contribution is -2.44. The molecule has 1 aliphatic rings. The van der Waals surface area contributed by atoms with Crippen molar-refractivity contribution < 1.29 is 23.5 Å². The second-order valence-corrected chi connectivity index (χ2v) is 6.72. The van der Waals surface area contributed by atoms with Gasteiger partial charge in [-0.3, -0.25) is 14.4 Å². The Labute approximate surface area is 162 Å². The zero-order chi connectivity index (χ0) is 20.3. The molecule has 28 heavy (non-hydrogen) atoms. The number of benzene rings is 2. The van der Waals surface area contributed by atoms with Crippen LogP contribution in [0.5, 0.6) is 0 Å². The average Bonchev–Trinajstić information content (AvgIpc) is 3.01. The molecule has 7 heteroatoms. The van der Waals surface area contributed by atoms with E-state index < -0.39 is 30.3 Å². The summed E-state index contributed by atoms with van der Waals surface area (Å²) in [6.07, 6.45) is -0.251. The molecule has 6 nitrogen and oxygen atoms in total. The number of anilines is 1. The molecule has 1 N–H and O–H groups in total. The Hall–Kier alpha value is -3.22. The Morgan fingerprint density at radius 2 is 1.96 bits per heavy atom. The van der Waals surface area contributed by atoms with Crippen molar-refractivity contribution in [1.82, 2.24) is 5.32 Å². The molecule has 0 spiro atoms. The Kier molecular flexibility index (Phi) is 5.73. The highest BCUT2D eigenvalue weighted by Gasteiger charge is 2.34. The summed E-state index contributed by atoms with van der Waals surface area (Å²) in [7, 11) is 0. The van der Waals surface area contributed by atoms with E-state index in [2.05, 4.69) is 5.32 Å². The lowest BCUT2D eigenvalue weighted by molar-refractivity contribution is -0.152. The predicted octanol–water partition coefficient (Wildman–Crippen LogP) is 2.46. The van der Waals surface area contributed by atoms with E-state index >= 15 is 0 Å². The first-order chi connectivity index (χ1) is 13.4. The number of nitrogens with zero attached hydrogens (tertiary/aromatic N) is 1. The molecule has 2 atom stereocenters. The van der Waals surface area contributed by atoms with Gasteiger partial charge in [0, 0.05) is 17.3 Å². The summed E-state index contributed by atoms with van der Waals surface area (Å²) in [4.78, 5) is 38.4. The third-order valence-electron chi connectivity index (χ3n) is 4.58. The number of amides is 2. The number of ether oxygens (including phenoxy) is 1. The van der Waals surface area contributed by atoms with Crippen molar-refractivity contribution in [1.29, 1.82) is 0 Å². The van der Waals surface area contributed by atoms with Crippen LogP contribution in [0, 0.1) is 5.82 Å². The number of halogens is 1. The van der Waals surface area contributed by atoms with E-state index in [9.17, 15) is 18.8 Å². The summed E-state index contributed by atoms with van der Waals surface area (Å²) < 4.78 is 18.3. The normalized spacial score (nSPS) is 16.2. The molecule has 0 unspecified atom stereocenters. The minimum absolute atomic E-state index is 0.0290. The zero-order valence-corrected chi connectivity index (χ0v) is 15.6. The minimum atomic E-state index is -0.993. The third kappa shape index (κ3) is 4.19. The van der Waals surface area contributed by atoms with Gasteiger partial charge in [0.25, 0.3) is 11.8 Å². The molecule has 1 heterocycles. The molecule has 0 radical (unpaired) electrons. The maximum atomic E-state index is 13.2. The van der Waals surface area contributed by atoms with Gasteiger partial charge in [0.05, 0.1) is 0 Å². The van der Waals surface area contributed by atoms with Crippen molar-refractivity contribution in [2.75, 3.05) is 11.4 Å². The summed E-state index contributed by atoms with van der Waals surface area (Å²) in [6, 6.07) is 12.7. The molecule has 0 saturated carbocycles. The topological polar surface area (TPSA) is 75.7 Å². The van der Waals surface area contributed by atoms with Crippen LogP contribution in [-0.2, 0) is 20.7 Å². The fourth-order valence-electron chi connectivity index (χ4n) is 3.27. The lowest BCUT2D eigenvalue weighted by Gasteiger charge is -2.26. The van der Waals surface area contributed by atoms with Gasteiger partial charge >= 0.3 is 5.97 Å². The predicted molar refractivity (Wildman–Crippen MR) is 101 cm³/mol. The van der Waals surface area contributed by atoms with Gasteiger partial charge < -0.3 is 15.0 Å². The van der Waals surface area contributed by atoms with Crippen LogP contribution in [0.4, 0.5) is 10.1 Å². The molecule has 0 bridgehead atoms. The van der Waals surface area contributed by atoms with E-state index in [0.29, 0.717) is 0 Å². The van der Waals surface area contributed by atoms with Crippen molar-refractivity contribution in [2.24, 2.45) is 0 Å². The van der Waals surface area contributed by atoms with E-state index in [1.807, 2.05) is 31.2 Å². The van der Waals surface area contributed by atoms with E-state index in [1.165, 1.54) is 25.1 Å². The highest BCUT2D eigenvalue weighted by Crippen LogP contribution is 2.32. The number of carbonyl (C=O) groups is 3. The van der Waals surface area contributed by atoms with Crippen molar-refractivity contribution >= 4 is 23.5 Å². The molecule has 0 fully saturated rings. The molecule has 1 aliphatic heterocycles. The van der Waals surface area contributed by atoms with Gasteiger partial charge in [-0.15, -0.1) is 0 Å². The van der Waals surface area contributed by atoms with Gasteiger partial charge in [-0.05, 0) is 50.1 Å². The molecule has 2 amide bonds. The molecule has 2 aromatic rings. The fourth-order valence-corrected chi connectivity index (χ4v) is 3.27.